The number of allylic oxidation sites excluding steroid dienone is 1. The van der Waals surface area contributed by atoms with Crippen LogP contribution in [-0.2, 0) is 14.3 Å². The first-order chi connectivity index (χ1) is 14.6. The highest BCUT2D eigenvalue weighted by Gasteiger charge is 2.18. The largest absolute Gasteiger partial charge is 0.478 e. The van der Waals surface area contributed by atoms with Gasteiger partial charge in [0.15, 0.2) is 10.8 Å². The molecular formula is C21H25BrFN3O4S. The number of benzene rings is 1. The summed E-state index contributed by atoms with van der Waals surface area (Å²) in [4.78, 5) is 29.4. The predicted octanol–water partition coefficient (Wildman–Crippen LogP) is 4.79. The third-order valence-electron chi connectivity index (χ3n) is 3.49. The number of hydrogen-bond acceptors (Lipinski definition) is 7. The third-order valence-corrected chi connectivity index (χ3v) is 4.76. The number of amidine groups is 1. The van der Waals surface area contributed by atoms with Gasteiger partial charge >= 0.3 is 11.9 Å². The van der Waals surface area contributed by atoms with Gasteiger partial charge in [0.25, 0.3) is 0 Å². The number of aliphatic imine (C=N–C) groups is 1. The highest BCUT2D eigenvalue weighted by molar-refractivity contribution is 9.10. The molecule has 0 amide bonds. The van der Waals surface area contributed by atoms with Crippen LogP contribution < -0.4 is 5.32 Å². The van der Waals surface area contributed by atoms with Gasteiger partial charge in [-0.1, -0.05) is 28.9 Å². The van der Waals surface area contributed by atoms with Gasteiger partial charge in [0.05, 0.1) is 18.2 Å². The monoisotopic (exact) mass is 513 g/mol. The van der Waals surface area contributed by atoms with Gasteiger partial charge in [-0.05, 0) is 39.0 Å². The molecule has 3 rings (SSSR count). The Labute approximate surface area is 193 Å². The second kappa shape index (κ2) is 13.7. The summed E-state index contributed by atoms with van der Waals surface area (Å²) in [6, 6.07) is 6.26. The zero-order valence-corrected chi connectivity index (χ0v) is 20.1. The Balaban J connectivity index is 0.000000256. The van der Waals surface area contributed by atoms with E-state index >= 15 is 0 Å². The van der Waals surface area contributed by atoms with Crippen LogP contribution in [0.4, 0.5) is 4.39 Å². The highest BCUT2D eigenvalue weighted by atomic mass is 79.9. The molecule has 0 radical (unpaired) electrons. The lowest BCUT2D eigenvalue weighted by Gasteiger charge is -2.15. The summed E-state index contributed by atoms with van der Waals surface area (Å²) in [7, 11) is 0. The van der Waals surface area contributed by atoms with Crippen LogP contribution in [-0.4, -0.2) is 40.5 Å². The van der Waals surface area contributed by atoms with Crippen molar-refractivity contribution < 1.29 is 23.8 Å². The van der Waals surface area contributed by atoms with E-state index in [4.69, 9.17) is 9.84 Å². The molecule has 0 unspecified atom stereocenters. The quantitative estimate of drug-likeness (QED) is 0.570. The first-order valence-corrected chi connectivity index (χ1v) is 11.1. The zero-order valence-electron chi connectivity index (χ0n) is 17.7. The molecule has 1 aromatic carbocycles. The Morgan fingerprint density at radius 1 is 1.39 bits per heavy atom. The van der Waals surface area contributed by atoms with E-state index in [0.29, 0.717) is 23.5 Å². The van der Waals surface area contributed by atoms with Gasteiger partial charge in [-0.2, -0.15) is 0 Å². The summed E-state index contributed by atoms with van der Waals surface area (Å²) in [6.45, 7) is 7.39. The molecule has 31 heavy (non-hydrogen) atoms. The van der Waals surface area contributed by atoms with E-state index in [0.717, 1.165) is 9.48 Å². The molecule has 0 bridgehead atoms. The van der Waals surface area contributed by atoms with E-state index in [2.05, 4.69) is 31.2 Å². The summed E-state index contributed by atoms with van der Waals surface area (Å²) in [5.74, 6) is -0.617. The lowest BCUT2D eigenvalue weighted by Crippen LogP contribution is -2.30. The van der Waals surface area contributed by atoms with Crippen molar-refractivity contribution in [2.24, 2.45) is 4.99 Å². The Kier molecular flexibility index (Phi) is 11.7. The molecular weight excluding hydrogens is 489 g/mol. The molecule has 2 N–H and O–H groups in total. The molecule has 0 saturated carbocycles. The molecule has 10 heteroatoms. The van der Waals surface area contributed by atoms with Gasteiger partial charge in [-0.3, -0.25) is 9.79 Å². The summed E-state index contributed by atoms with van der Waals surface area (Å²) in [5, 5.41) is 14.4. The van der Waals surface area contributed by atoms with E-state index in [1.807, 2.05) is 19.2 Å². The van der Waals surface area contributed by atoms with Gasteiger partial charge < -0.3 is 15.2 Å². The Morgan fingerprint density at radius 3 is 2.48 bits per heavy atom. The number of ether oxygens (including phenoxy) is 1. The van der Waals surface area contributed by atoms with Crippen LogP contribution in [0.2, 0.25) is 0 Å². The summed E-state index contributed by atoms with van der Waals surface area (Å²) in [6.07, 6.45) is 2.19. The Morgan fingerprint density at radius 2 is 2.10 bits per heavy atom. The molecule has 1 aromatic heterocycles. The maximum absolute atomic E-state index is 12.1. The number of carboxylic acid groups (broad SMARTS) is 1. The number of nitrogens with one attached hydrogen (secondary N) is 1. The number of aromatic nitrogens is 1. The number of thiazole rings is 1. The van der Waals surface area contributed by atoms with Crippen molar-refractivity contribution in [1.82, 2.24) is 10.3 Å². The van der Waals surface area contributed by atoms with Crippen LogP contribution in [0.1, 0.15) is 39.1 Å². The molecule has 0 spiro atoms. The van der Waals surface area contributed by atoms with Gasteiger partial charge in [-0.15, -0.1) is 11.3 Å². The van der Waals surface area contributed by atoms with Crippen molar-refractivity contribution >= 4 is 45.0 Å². The molecule has 0 saturated heterocycles. The van der Waals surface area contributed by atoms with Crippen molar-refractivity contribution in [3.63, 3.8) is 0 Å². The van der Waals surface area contributed by atoms with Crippen LogP contribution in [0.25, 0.3) is 0 Å². The van der Waals surface area contributed by atoms with Crippen LogP contribution in [0.15, 0.2) is 56.6 Å². The van der Waals surface area contributed by atoms with E-state index in [1.54, 1.807) is 32.2 Å². The van der Waals surface area contributed by atoms with Gasteiger partial charge in [-0.25, -0.2) is 14.2 Å². The van der Waals surface area contributed by atoms with Gasteiger partial charge in [0.2, 0.25) is 0 Å². The minimum atomic E-state index is -0.929. The number of aliphatic carboxylic acids is 1. The molecule has 1 aliphatic heterocycles. The van der Waals surface area contributed by atoms with Crippen molar-refractivity contribution in [1.29, 1.82) is 0 Å². The van der Waals surface area contributed by atoms with Crippen molar-refractivity contribution in [2.75, 3.05) is 6.54 Å². The SMILES string of the molecule is CC1=C(C(=O)O)CN=C(c2nccs2)N1.CCC(=O)OC(C)C.Fc1cccc(Br)c1. The molecule has 2 aromatic rings. The molecule has 2 heterocycles. The van der Waals surface area contributed by atoms with E-state index < -0.39 is 5.97 Å². The second-order valence-electron chi connectivity index (χ2n) is 6.37. The Hall–Kier alpha value is -2.59. The Bertz CT molecular complexity index is 913. The lowest BCUT2D eigenvalue weighted by molar-refractivity contribution is -0.147. The molecule has 0 aliphatic carbocycles. The number of carbonyl (C=O) groups is 2. The first-order valence-electron chi connectivity index (χ1n) is 9.38. The third kappa shape index (κ3) is 10.3. The summed E-state index contributed by atoms with van der Waals surface area (Å²) in [5.41, 5.74) is 0.929. The highest BCUT2D eigenvalue weighted by Crippen LogP contribution is 2.13. The number of nitrogens with zero attached hydrogens (tertiary/aromatic N) is 2. The molecule has 7 nitrogen and oxygen atoms in total. The van der Waals surface area contributed by atoms with Gasteiger partial charge in [0, 0.05) is 28.2 Å². The molecule has 0 atom stereocenters. The predicted molar refractivity (Wildman–Crippen MR) is 123 cm³/mol. The normalized spacial score (nSPS) is 12.5. The minimum Gasteiger partial charge on any atom is -0.478 e. The number of carboxylic acids is 1. The number of carbonyl (C=O) groups excluding carboxylic acids is 1. The molecule has 1 aliphatic rings. The fraction of sp³-hybridized carbons (Fsp3) is 0.333. The smallest absolute Gasteiger partial charge is 0.335 e. The maximum atomic E-state index is 12.1. The van der Waals surface area contributed by atoms with Crippen LogP contribution in [0, 0.1) is 5.82 Å². The van der Waals surface area contributed by atoms with Crippen LogP contribution >= 0.6 is 27.3 Å². The average Bonchev–Trinajstić information content (AvgIpc) is 3.22. The fourth-order valence-electron chi connectivity index (χ4n) is 2.06. The summed E-state index contributed by atoms with van der Waals surface area (Å²) < 4.78 is 17.7. The number of rotatable bonds is 4. The number of esters is 1. The first kappa shape index (κ1) is 26.4. The van der Waals surface area contributed by atoms with E-state index in [9.17, 15) is 14.0 Å². The molecule has 0 fully saturated rings. The zero-order chi connectivity index (χ0) is 23.4. The number of hydrogen-bond donors (Lipinski definition) is 2. The minimum absolute atomic E-state index is 0.0300. The van der Waals surface area contributed by atoms with Crippen LogP contribution in [0.3, 0.4) is 0 Å². The molecule has 168 valence electrons. The second-order valence-corrected chi connectivity index (χ2v) is 8.18. The van der Waals surface area contributed by atoms with Crippen LogP contribution in [0.5, 0.6) is 0 Å². The van der Waals surface area contributed by atoms with E-state index in [-0.39, 0.29) is 24.4 Å². The fourth-order valence-corrected chi connectivity index (χ4v) is 3.04. The maximum Gasteiger partial charge on any atom is 0.335 e. The lowest BCUT2D eigenvalue weighted by atomic mass is 10.2. The number of halogens is 2. The van der Waals surface area contributed by atoms with Crippen molar-refractivity contribution in [3.8, 4) is 0 Å². The van der Waals surface area contributed by atoms with Crippen molar-refractivity contribution in [3.05, 3.63) is 62.4 Å². The standard InChI is InChI=1S/C9H9N3O2S.C6H4BrF.C6H12O2/c1-5-6(9(13)14)4-11-7(12-5)8-10-2-3-15-8;7-5-2-1-3-6(8)4-5;1-4-6(7)8-5(2)3/h2-3H,4H2,1H3,(H,11,12)(H,13,14);1-4H;5H,4H2,1-3H3. The topological polar surface area (TPSA) is 101 Å². The van der Waals surface area contributed by atoms with Crippen molar-refractivity contribution in [2.45, 2.75) is 40.2 Å². The average molecular weight is 514 g/mol. The summed E-state index contributed by atoms with van der Waals surface area (Å²) >= 11 is 4.59. The van der Waals surface area contributed by atoms with E-state index in [1.165, 1.54) is 23.5 Å². The van der Waals surface area contributed by atoms with Gasteiger partial charge in [0.1, 0.15) is 5.82 Å².